The molecule has 0 aromatic heterocycles. The van der Waals surface area contributed by atoms with Gasteiger partial charge < -0.3 is 14.8 Å². The molecule has 0 fully saturated rings. The summed E-state index contributed by atoms with van der Waals surface area (Å²) in [5.74, 6) is 1.04. The highest BCUT2D eigenvalue weighted by atomic mass is 35.5. The summed E-state index contributed by atoms with van der Waals surface area (Å²) in [6.07, 6.45) is 5.66. The fourth-order valence-corrected chi connectivity index (χ4v) is 3.09. The van der Waals surface area contributed by atoms with Gasteiger partial charge in [0.15, 0.2) is 0 Å². The molecule has 2 rings (SSSR count). The molecule has 0 aliphatic heterocycles. The first kappa shape index (κ1) is 18.3. The molecular formula is C17H28ClNO2. The van der Waals surface area contributed by atoms with E-state index >= 15 is 0 Å². The van der Waals surface area contributed by atoms with Crippen molar-refractivity contribution in [1.82, 2.24) is 5.32 Å². The summed E-state index contributed by atoms with van der Waals surface area (Å²) < 4.78 is 10.7. The van der Waals surface area contributed by atoms with Crippen molar-refractivity contribution in [2.75, 3.05) is 20.8 Å². The number of ether oxygens (including phenoxy) is 2. The third-order valence-corrected chi connectivity index (χ3v) is 4.30. The molecule has 1 aromatic rings. The van der Waals surface area contributed by atoms with Gasteiger partial charge in [-0.1, -0.05) is 19.1 Å². The van der Waals surface area contributed by atoms with Crippen LogP contribution in [0, 0.1) is 0 Å². The standard InChI is InChI=1S/C17H27NO2.ClH/c1-4-14(10-11-19-2)18-15-9-8-13-6-5-7-17(20-3)16(13)12-15;/h5-7,14-15,18H,4,8-12H2,1-3H3;1H. The van der Waals surface area contributed by atoms with Gasteiger partial charge in [-0.25, -0.2) is 0 Å². The van der Waals surface area contributed by atoms with Crippen LogP contribution in [0.2, 0.25) is 0 Å². The van der Waals surface area contributed by atoms with Crippen LogP contribution in [0.1, 0.15) is 37.3 Å². The maximum absolute atomic E-state index is 5.51. The lowest BCUT2D eigenvalue weighted by atomic mass is 9.87. The van der Waals surface area contributed by atoms with Gasteiger partial charge in [0, 0.05) is 25.8 Å². The van der Waals surface area contributed by atoms with Crippen molar-refractivity contribution in [3.63, 3.8) is 0 Å². The van der Waals surface area contributed by atoms with E-state index in [0.29, 0.717) is 12.1 Å². The lowest BCUT2D eigenvalue weighted by Crippen LogP contribution is -2.42. The smallest absolute Gasteiger partial charge is 0.122 e. The van der Waals surface area contributed by atoms with Gasteiger partial charge in [0.1, 0.15) is 5.75 Å². The van der Waals surface area contributed by atoms with Crippen LogP contribution in [0.5, 0.6) is 5.75 Å². The molecule has 0 bridgehead atoms. The van der Waals surface area contributed by atoms with Gasteiger partial charge in [-0.05, 0) is 49.3 Å². The highest BCUT2D eigenvalue weighted by molar-refractivity contribution is 5.85. The summed E-state index contributed by atoms with van der Waals surface area (Å²) in [5.41, 5.74) is 2.84. The number of fused-ring (bicyclic) bond motifs is 1. The van der Waals surface area contributed by atoms with E-state index in [-0.39, 0.29) is 12.4 Å². The van der Waals surface area contributed by atoms with Crippen LogP contribution in [0.3, 0.4) is 0 Å². The van der Waals surface area contributed by atoms with E-state index in [1.165, 1.54) is 17.5 Å². The van der Waals surface area contributed by atoms with E-state index in [1.807, 2.05) is 0 Å². The van der Waals surface area contributed by atoms with Crippen LogP contribution in [-0.2, 0) is 17.6 Å². The van der Waals surface area contributed by atoms with E-state index < -0.39 is 0 Å². The lowest BCUT2D eigenvalue weighted by molar-refractivity contribution is 0.178. The van der Waals surface area contributed by atoms with Crippen molar-refractivity contribution < 1.29 is 9.47 Å². The maximum Gasteiger partial charge on any atom is 0.122 e. The molecule has 1 aliphatic carbocycles. The second kappa shape index (κ2) is 9.29. The van der Waals surface area contributed by atoms with Crippen LogP contribution in [-0.4, -0.2) is 32.9 Å². The SMILES string of the molecule is CCC(CCOC)NC1CCc2cccc(OC)c2C1.Cl. The molecule has 3 nitrogen and oxygen atoms in total. The van der Waals surface area contributed by atoms with Crippen molar-refractivity contribution in [3.05, 3.63) is 29.3 Å². The molecule has 0 saturated heterocycles. The minimum atomic E-state index is 0. The third kappa shape index (κ3) is 4.87. The Morgan fingerprint density at radius 2 is 2.14 bits per heavy atom. The monoisotopic (exact) mass is 313 g/mol. The zero-order valence-corrected chi connectivity index (χ0v) is 14.2. The first-order valence-electron chi connectivity index (χ1n) is 7.68. The lowest BCUT2D eigenvalue weighted by Gasteiger charge is -2.30. The number of aryl methyl sites for hydroxylation is 1. The average molecular weight is 314 g/mol. The maximum atomic E-state index is 5.51. The van der Waals surface area contributed by atoms with Crippen molar-refractivity contribution in [2.45, 2.75) is 51.1 Å². The number of nitrogens with one attached hydrogen (secondary N) is 1. The summed E-state index contributed by atoms with van der Waals surface area (Å²) in [4.78, 5) is 0. The molecule has 2 atom stereocenters. The Morgan fingerprint density at radius 1 is 1.33 bits per heavy atom. The Labute approximate surface area is 134 Å². The summed E-state index contributed by atoms with van der Waals surface area (Å²) >= 11 is 0. The van der Waals surface area contributed by atoms with Crippen LogP contribution in [0.15, 0.2) is 18.2 Å². The molecule has 0 radical (unpaired) electrons. The van der Waals surface area contributed by atoms with Gasteiger partial charge >= 0.3 is 0 Å². The molecular weight excluding hydrogens is 286 g/mol. The predicted molar refractivity (Wildman–Crippen MR) is 89.8 cm³/mol. The number of hydrogen-bond donors (Lipinski definition) is 1. The molecule has 4 heteroatoms. The van der Waals surface area contributed by atoms with Gasteiger partial charge in [-0.3, -0.25) is 0 Å². The van der Waals surface area contributed by atoms with Gasteiger partial charge in [0.25, 0.3) is 0 Å². The second-order valence-electron chi connectivity index (χ2n) is 5.59. The predicted octanol–water partition coefficient (Wildman–Crippen LogP) is 3.38. The molecule has 0 amide bonds. The minimum absolute atomic E-state index is 0. The molecule has 1 aliphatic rings. The molecule has 21 heavy (non-hydrogen) atoms. The largest absolute Gasteiger partial charge is 0.496 e. The van der Waals surface area contributed by atoms with Gasteiger partial charge in [0.05, 0.1) is 7.11 Å². The molecule has 2 unspecified atom stereocenters. The Bertz CT molecular complexity index is 411. The van der Waals surface area contributed by atoms with Crippen molar-refractivity contribution in [3.8, 4) is 5.75 Å². The van der Waals surface area contributed by atoms with Crippen LogP contribution in [0.4, 0.5) is 0 Å². The van der Waals surface area contributed by atoms with E-state index in [9.17, 15) is 0 Å². The Balaban J connectivity index is 0.00000220. The zero-order chi connectivity index (χ0) is 14.4. The normalized spacial score (nSPS) is 18.5. The van der Waals surface area contributed by atoms with Crippen molar-refractivity contribution in [2.24, 2.45) is 0 Å². The van der Waals surface area contributed by atoms with Crippen LogP contribution in [0.25, 0.3) is 0 Å². The second-order valence-corrected chi connectivity index (χ2v) is 5.59. The Kier molecular flexibility index (Phi) is 8.09. The van der Waals surface area contributed by atoms with Gasteiger partial charge in [0.2, 0.25) is 0 Å². The molecule has 0 heterocycles. The summed E-state index contributed by atoms with van der Waals surface area (Å²) in [5, 5.41) is 3.80. The number of benzene rings is 1. The number of methoxy groups -OCH3 is 2. The summed E-state index contributed by atoms with van der Waals surface area (Å²) in [6.45, 7) is 3.07. The first-order valence-corrected chi connectivity index (χ1v) is 7.68. The topological polar surface area (TPSA) is 30.5 Å². The van der Waals surface area contributed by atoms with Crippen LogP contribution >= 0.6 is 12.4 Å². The summed E-state index contributed by atoms with van der Waals surface area (Å²) in [6, 6.07) is 7.51. The molecule has 1 N–H and O–H groups in total. The van der Waals surface area contributed by atoms with E-state index in [0.717, 1.165) is 38.0 Å². The molecule has 120 valence electrons. The highest BCUT2D eigenvalue weighted by Gasteiger charge is 2.22. The van der Waals surface area contributed by atoms with Crippen molar-refractivity contribution in [1.29, 1.82) is 0 Å². The minimum Gasteiger partial charge on any atom is -0.496 e. The van der Waals surface area contributed by atoms with Gasteiger partial charge in [-0.2, -0.15) is 0 Å². The Morgan fingerprint density at radius 3 is 2.81 bits per heavy atom. The molecule has 0 spiro atoms. The highest BCUT2D eigenvalue weighted by Crippen LogP contribution is 2.29. The third-order valence-electron chi connectivity index (χ3n) is 4.30. The Hall–Kier alpha value is -0.770. The zero-order valence-electron chi connectivity index (χ0n) is 13.4. The van der Waals surface area contributed by atoms with Crippen LogP contribution < -0.4 is 10.1 Å². The number of rotatable bonds is 7. The first-order chi connectivity index (χ1) is 9.78. The summed E-state index contributed by atoms with van der Waals surface area (Å²) in [7, 11) is 3.54. The quantitative estimate of drug-likeness (QED) is 0.837. The van der Waals surface area contributed by atoms with E-state index in [1.54, 1.807) is 14.2 Å². The van der Waals surface area contributed by atoms with E-state index in [4.69, 9.17) is 9.47 Å². The number of halogens is 1. The van der Waals surface area contributed by atoms with Crippen molar-refractivity contribution >= 4 is 12.4 Å². The fourth-order valence-electron chi connectivity index (χ4n) is 3.09. The average Bonchev–Trinajstić information content (AvgIpc) is 2.50. The number of hydrogen-bond acceptors (Lipinski definition) is 3. The van der Waals surface area contributed by atoms with Gasteiger partial charge in [-0.15, -0.1) is 12.4 Å². The van der Waals surface area contributed by atoms with E-state index in [2.05, 4.69) is 30.4 Å². The molecule has 0 saturated carbocycles. The molecule has 1 aromatic carbocycles. The fraction of sp³-hybridized carbons (Fsp3) is 0.647.